The van der Waals surface area contributed by atoms with Crippen LogP contribution in [-0.4, -0.2) is 10.8 Å². The first-order valence-corrected chi connectivity index (χ1v) is 10.5. The summed E-state index contributed by atoms with van der Waals surface area (Å²) >= 11 is 0. The predicted octanol–water partition coefficient (Wildman–Crippen LogP) is 6.19. The second kappa shape index (κ2) is 8.52. The maximum Gasteiger partial charge on any atom is 0.258 e. The Balaban J connectivity index is 1.84. The molecule has 3 aromatic carbocycles. The quantitative estimate of drug-likeness (QED) is 0.493. The Bertz CT molecular complexity index is 955. The second-order valence-corrected chi connectivity index (χ2v) is 7.73. The van der Waals surface area contributed by atoms with Crippen molar-refractivity contribution in [3.05, 3.63) is 102 Å². The number of rotatable bonds is 7. The van der Waals surface area contributed by atoms with Crippen molar-refractivity contribution in [2.24, 2.45) is 0 Å². The van der Waals surface area contributed by atoms with Gasteiger partial charge in [-0.15, -0.1) is 0 Å². The Morgan fingerprint density at radius 1 is 0.828 bits per heavy atom. The zero-order valence-electron chi connectivity index (χ0n) is 17.0. The van der Waals surface area contributed by atoms with Gasteiger partial charge >= 0.3 is 0 Å². The molecule has 1 unspecified atom stereocenters. The largest absolute Gasteiger partial charge is 0.358 e. The zero-order valence-corrected chi connectivity index (χ0v) is 17.0. The van der Waals surface area contributed by atoms with Gasteiger partial charge in [-0.1, -0.05) is 92.6 Å². The molecule has 0 aromatic heterocycles. The summed E-state index contributed by atoms with van der Waals surface area (Å²) in [5.41, 5.74) is 3.37. The fourth-order valence-corrected chi connectivity index (χ4v) is 4.27. The Morgan fingerprint density at radius 3 is 2.21 bits per heavy atom. The number of fused-ring (bicyclic) bond motifs is 1. The van der Waals surface area contributed by atoms with Crippen LogP contribution in [0.2, 0.25) is 0 Å². The molecule has 4 rings (SSSR count). The molecule has 1 heterocycles. The van der Waals surface area contributed by atoms with Crippen molar-refractivity contribution < 1.29 is 4.79 Å². The summed E-state index contributed by atoms with van der Waals surface area (Å²) < 4.78 is 0. The van der Waals surface area contributed by atoms with Crippen LogP contribution in [0.3, 0.4) is 0 Å². The van der Waals surface area contributed by atoms with Crippen LogP contribution in [0.5, 0.6) is 0 Å². The van der Waals surface area contributed by atoms with Crippen LogP contribution in [0, 0.1) is 0 Å². The van der Waals surface area contributed by atoms with E-state index in [4.69, 9.17) is 0 Å². The van der Waals surface area contributed by atoms with Gasteiger partial charge in [-0.25, -0.2) is 0 Å². The molecule has 29 heavy (non-hydrogen) atoms. The third kappa shape index (κ3) is 3.77. The van der Waals surface area contributed by atoms with Gasteiger partial charge in [0.1, 0.15) is 5.66 Å². The Morgan fingerprint density at radius 2 is 1.48 bits per heavy atom. The van der Waals surface area contributed by atoms with Crippen molar-refractivity contribution in [1.82, 2.24) is 4.90 Å². The number of hydrogen-bond acceptors (Lipinski definition) is 2. The molecule has 0 fully saturated rings. The maximum atomic E-state index is 13.7. The molecular weight excluding hydrogens is 356 g/mol. The van der Waals surface area contributed by atoms with Gasteiger partial charge in [-0.2, -0.15) is 0 Å². The summed E-state index contributed by atoms with van der Waals surface area (Å²) in [6.07, 6.45) is 4.22. The highest BCUT2D eigenvalue weighted by Gasteiger charge is 2.45. The molecule has 0 spiro atoms. The third-order valence-corrected chi connectivity index (χ3v) is 5.78. The van der Waals surface area contributed by atoms with Gasteiger partial charge < -0.3 is 10.2 Å². The molecule has 0 saturated carbocycles. The lowest BCUT2D eigenvalue weighted by Gasteiger charge is -2.49. The minimum Gasteiger partial charge on any atom is -0.358 e. The van der Waals surface area contributed by atoms with Gasteiger partial charge in [0.05, 0.1) is 5.56 Å². The van der Waals surface area contributed by atoms with Crippen molar-refractivity contribution in [2.75, 3.05) is 5.32 Å². The highest BCUT2D eigenvalue weighted by molar-refractivity contribution is 6.02. The number of hydrogen-bond donors (Lipinski definition) is 1. The lowest BCUT2D eigenvalue weighted by molar-refractivity contribution is 0.0434. The van der Waals surface area contributed by atoms with Gasteiger partial charge in [-0.3, -0.25) is 4.79 Å². The van der Waals surface area contributed by atoms with E-state index in [1.165, 1.54) is 0 Å². The Kier molecular flexibility index (Phi) is 5.66. The van der Waals surface area contributed by atoms with Crippen molar-refractivity contribution in [3.8, 4) is 0 Å². The fraction of sp³-hybridized carbons (Fsp3) is 0.269. The molecule has 0 bridgehead atoms. The molecule has 1 aliphatic rings. The van der Waals surface area contributed by atoms with E-state index < -0.39 is 5.66 Å². The highest BCUT2D eigenvalue weighted by atomic mass is 16.2. The molecular formula is C26H28N2O. The van der Waals surface area contributed by atoms with Gasteiger partial charge in [0.25, 0.3) is 5.91 Å². The number of benzene rings is 3. The molecule has 0 radical (unpaired) electrons. The third-order valence-electron chi connectivity index (χ3n) is 5.78. The zero-order chi connectivity index (χ0) is 20.1. The van der Waals surface area contributed by atoms with E-state index in [9.17, 15) is 4.79 Å². The van der Waals surface area contributed by atoms with Gasteiger partial charge in [0, 0.05) is 12.2 Å². The van der Waals surface area contributed by atoms with Crippen LogP contribution in [0.4, 0.5) is 5.69 Å². The number of nitrogens with zero attached hydrogens (tertiary/aromatic N) is 1. The molecule has 1 N–H and O–H groups in total. The van der Waals surface area contributed by atoms with E-state index in [1.54, 1.807) is 0 Å². The minimum absolute atomic E-state index is 0.0866. The van der Waals surface area contributed by atoms with Crippen molar-refractivity contribution in [1.29, 1.82) is 0 Å². The molecule has 1 aliphatic heterocycles. The number of amides is 1. The first kappa shape index (κ1) is 19.3. The molecule has 148 valence electrons. The number of carbonyl (C=O) groups is 1. The van der Waals surface area contributed by atoms with Gasteiger partial charge in [0.2, 0.25) is 0 Å². The van der Waals surface area contributed by atoms with Crippen LogP contribution in [0.25, 0.3) is 0 Å². The average molecular weight is 385 g/mol. The van der Waals surface area contributed by atoms with Crippen molar-refractivity contribution in [2.45, 2.75) is 44.8 Å². The molecule has 3 nitrogen and oxygen atoms in total. The van der Waals surface area contributed by atoms with Crippen LogP contribution >= 0.6 is 0 Å². The number of anilines is 1. The summed E-state index contributed by atoms with van der Waals surface area (Å²) in [5, 5.41) is 3.79. The van der Waals surface area contributed by atoms with E-state index >= 15 is 0 Å². The van der Waals surface area contributed by atoms with E-state index in [0.29, 0.717) is 6.54 Å². The fourth-order valence-electron chi connectivity index (χ4n) is 4.27. The Labute approximate surface area is 173 Å². The molecule has 0 saturated heterocycles. The van der Waals surface area contributed by atoms with Gasteiger partial charge in [-0.05, 0) is 36.1 Å². The lowest BCUT2D eigenvalue weighted by atomic mass is 9.87. The highest BCUT2D eigenvalue weighted by Crippen LogP contribution is 2.42. The molecule has 1 atom stereocenters. The maximum absolute atomic E-state index is 13.7. The van der Waals surface area contributed by atoms with Gasteiger partial charge in [0.15, 0.2) is 0 Å². The molecule has 1 amide bonds. The first-order valence-electron chi connectivity index (χ1n) is 10.5. The summed E-state index contributed by atoms with van der Waals surface area (Å²) in [5.74, 6) is 0.0866. The number of para-hydroxylation sites is 1. The van der Waals surface area contributed by atoms with E-state index in [0.717, 1.165) is 48.1 Å². The minimum atomic E-state index is -0.558. The first-order chi connectivity index (χ1) is 14.2. The summed E-state index contributed by atoms with van der Waals surface area (Å²) in [7, 11) is 0. The van der Waals surface area contributed by atoms with Crippen LogP contribution in [-0.2, 0) is 12.2 Å². The van der Waals surface area contributed by atoms with Crippen LogP contribution < -0.4 is 5.32 Å². The topological polar surface area (TPSA) is 32.3 Å². The molecule has 3 aromatic rings. The van der Waals surface area contributed by atoms with Crippen molar-refractivity contribution in [3.63, 3.8) is 0 Å². The Hall–Kier alpha value is -3.07. The smallest absolute Gasteiger partial charge is 0.258 e. The number of unbranched alkanes of at least 4 members (excludes halogenated alkanes) is 2. The molecule has 3 heteroatoms. The van der Waals surface area contributed by atoms with E-state index in [1.807, 2.05) is 53.4 Å². The number of carbonyl (C=O) groups excluding carboxylic acids is 1. The van der Waals surface area contributed by atoms with Crippen LogP contribution in [0.15, 0.2) is 84.9 Å². The lowest BCUT2D eigenvalue weighted by Crippen LogP contribution is -2.57. The van der Waals surface area contributed by atoms with E-state index in [2.05, 4.69) is 48.6 Å². The summed E-state index contributed by atoms with van der Waals surface area (Å²) in [6.45, 7) is 2.79. The van der Waals surface area contributed by atoms with Crippen LogP contribution in [0.1, 0.15) is 54.1 Å². The predicted molar refractivity (Wildman–Crippen MR) is 119 cm³/mol. The summed E-state index contributed by atoms with van der Waals surface area (Å²) in [6, 6.07) is 28.6. The molecule has 0 aliphatic carbocycles. The second-order valence-electron chi connectivity index (χ2n) is 7.73. The number of nitrogens with one attached hydrogen (secondary N) is 1. The normalized spacial score (nSPS) is 18.2. The summed E-state index contributed by atoms with van der Waals surface area (Å²) in [4.78, 5) is 15.8. The monoisotopic (exact) mass is 384 g/mol. The van der Waals surface area contributed by atoms with E-state index in [-0.39, 0.29) is 5.91 Å². The standard InChI is InChI=1S/C26H28N2O/c1-2-3-12-19-26(22-15-8-5-9-16-22)27-24-18-11-10-17-23(24)25(29)28(26)20-21-13-6-4-7-14-21/h4-11,13-18,27H,2-3,12,19-20H2,1H3. The SMILES string of the molecule is CCCCCC1(c2ccccc2)Nc2ccccc2C(=O)N1Cc1ccccc1. The average Bonchev–Trinajstić information content (AvgIpc) is 2.78. The van der Waals surface area contributed by atoms with Crippen molar-refractivity contribution >= 4 is 11.6 Å².